The molecule has 1 aromatic heterocycles. The first-order valence-corrected chi connectivity index (χ1v) is 7.14. The number of nitriles is 1. The molecule has 0 radical (unpaired) electrons. The molecule has 5 heteroatoms. The molecule has 3 rings (SSSR count). The molecule has 0 aliphatic heterocycles. The van der Waals surface area contributed by atoms with E-state index in [1.807, 2.05) is 36.4 Å². The third kappa shape index (κ3) is 2.82. The van der Waals surface area contributed by atoms with Gasteiger partial charge in [0.25, 0.3) is 0 Å². The highest BCUT2D eigenvalue weighted by Crippen LogP contribution is 2.33. The summed E-state index contributed by atoms with van der Waals surface area (Å²) in [7, 11) is 1.41. The van der Waals surface area contributed by atoms with Gasteiger partial charge in [-0.05, 0) is 23.8 Å². The summed E-state index contributed by atoms with van der Waals surface area (Å²) < 4.78 is 32.0. The molecule has 0 aliphatic rings. The lowest BCUT2D eigenvalue weighted by molar-refractivity contribution is 0.397. The number of hydrogen-bond donors (Lipinski definition) is 0. The summed E-state index contributed by atoms with van der Waals surface area (Å²) in [5.41, 5.74) is 2.38. The van der Waals surface area contributed by atoms with Crippen LogP contribution in [-0.4, -0.2) is 12.1 Å². The smallest absolute Gasteiger partial charge is 0.232 e. The molecule has 24 heavy (non-hydrogen) atoms. The lowest BCUT2D eigenvalue weighted by Crippen LogP contribution is -1.98. The second-order valence-corrected chi connectivity index (χ2v) is 5.05. The van der Waals surface area contributed by atoms with Gasteiger partial charge in [-0.2, -0.15) is 5.26 Å². The van der Waals surface area contributed by atoms with Crippen molar-refractivity contribution in [2.24, 2.45) is 0 Å². The average Bonchev–Trinajstić information content (AvgIpc) is 2.63. The van der Waals surface area contributed by atoms with Gasteiger partial charge in [0.15, 0.2) is 11.6 Å². The number of hydrogen-bond acceptors (Lipinski definition) is 3. The minimum Gasteiger partial charge on any atom is -0.480 e. The zero-order valence-electron chi connectivity index (χ0n) is 12.8. The van der Waals surface area contributed by atoms with Crippen molar-refractivity contribution in [2.45, 2.75) is 0 Å². The van der Waals surface area contributed by atoms with Crippen LogP contribution >= 0.6 is 0 Å². The summed E-state index contributed by atoms with van der Waals surface area (Å²) in [4.78, 5) is 4.35. The van der Waals surface area contributed by atoms with Gasteiger partial charge in [0.2, 0.25) is 5.88 Å². The standard InChI is InChI=1S/C19H12F2N2O/c1-24-19-15(11-22)14(13-7-8-16(20)17(21)9-13)10-18(23-19)12-5-3-2-4-6-12/h2-10H,1H3. The third-order valence-electron chi connectivity index (χ3n) is 3.59. The van der Waals surface area contributed by atoms with Crippen molar-refractivity contribution in [3.63, 3.8) is 0 Å². The van der Waals surface area contributed by atoms with Gasteiger partial charge in [0, 0.05) is 11.1 Å². The van der Waals surface area contributed by atoms with Crippen LogP contribution in [0.1, 0.15) is 5.56 Å². The molecular weight excluding hydrogens is 310 g/mol. The van der Waals surface area contributed by atoms with E-state index in [2.05, 4.69) is 4.98 Å². The summed E-state index contributed by atoms with van der Waals surface area (Å²) in [5.74, 6) is -1.78. The van der Waals surface area contributed by atoms with Gasteiger partial charge in [0.1, 0.15) is 11.6 Å². The molecule has 0 amide bonds. The van der Waals surface area contributed by atoms with Crippen LogP contribution < -0.4 is 4.74 Å². The quantitative estimate of drug-likeness (QED) is 0.709. The van der Waals surface area contributed by atoms with Crippen LogP contribution in [0.5, 0.6) is 5.88 Å². The normalized spacial score (nSPS) is 10.2. The van der Waals surface area contributed by atoms with Crippen molar-refractivity contribution in [3.8, 4) is 34.3 Å². The highest BCUT2D eigenvalue weighted by atomic mass is 19.2. The summed E-state index contributed by atoms with van der Waals surface area (Å²) >= 11 is 0. The van der Waals surface area contributed by atoms with Gasteiger partial charge in [-0.1, -0.05) is 36.4 Å². The monoisotopic (exact) mass is 322 g/mol. The number of nitrogens with zero attached hydrogens (tertiary/aromatic N) is 2. The highest BCUT2D eigenvalue weighted by Gasteiger charge is 2.17. The minimum absolute atomic E-state index is 0.138. The highest BCUT2D eigenvalue weighted by molar-refractivity contribution is 5.77. The minimum atomic E-state index is -0.978. The molecule has 3 aromatic rings. The number of ether oxygens (including phenoxy) is 1. The maximum Gasteiger partial charge on any atom is 0.232 e. The van der Waals surface area contributed by atoms with Crippen LogP contribution in [0.25, 0.3) is 22.4 Å². The molecule has 1 heterocycles. The van der Waals surface area contributed by atoms with E-state index in [0.717, 1.165) is 17.7 Å². The molecule has 0 N–H and O–H groups in total. The fraction of sp³-hybridized carbons (Fsp3) is 0.0526. The van der Waals surface area contributed by atoms with E-state index < -0.39 is 11.6 Å². The second kappa shape index (κ2) is 6.47. The largest absolute Gasteiger partial charge is 0.480 e. The van der Waals surface area contributed by atoms with Crippen molar-refractivity contribution in [1.82, 2.24) is 4.98 Å². The summed E-state index contributed by atoms with van der Waals surface area (Å²) in [6, 6.07) is 16.5. The number of rotatable bonds is 3. The molecule has 0 unspecified atom stereocenters. The van der Waals surface area contributed by atoms with Gasteiger partial charge < -0.3 is 4.74 Å². The average molecular weight is 322 g/mol. The first-order valence-electron chi connectivity index (χ1n) is 7.14. The molecule has 0 saturated carbocycles. The Morgan fingerprint density at radius 2 is 1.71 bits per heavy atom. The molecule has 0 spiro atoms. The third-order valence-corrected chi connectivity index (χ3v) is 3.59. The van der Waals surface area contributed by atoms with Crippen molar-refractivity contribution in [2.75, 3.05) is 7.11 Å². The summed E-state index contributed by atoms with van der Waals surface area (Å²) in [6.45, 7) is 0. The van der Waals surface area contributed by atoms with Crippen LogP contribution in [0.2, 0.25) is 0 Å². The van der Waals surface area contributed by atoms with Crippen LogP contribution in [-0.2, 0) is 0 Å². The summed E-state index contributed by atoms with van der Waals surface area (Å²) in [5, 5.41) is 9.44. The predicted octanol–water partition coefficient (Wildman–Crippen LogP) is 4.57. The Morgan fingerprint density at radius 3 is 2.33 bits per heavy atom. The van der Waals surface area contributed by atoms with Gasteiger partial charge in [-0.25, -0.2) is 13.8 Å². The number of pyridine rings is 1. The second-order valence-electron chi connectivity index (χ2n) is 5.05. The van der Waals surface area contributed by atoms with Crippen LogP contribution in [0.15, 0.2) is 54.6 Å². The van der Waals surface area contributed by atoms with Gasteiger partial charge in [0.05, 0.1) is 12.8 Å². The Kier molecular flexibility index (Phi) is 4.21. The lowest BCUT2D eigenvalue weighted by atomic mass is 9.98. The van der Waals surface area contributed by atoms with Crippen molar-refractivity contribution < 1.29 is 13.5 Å². The van der Waals surface area contributed by atoms with E-state index in [0.29, 0.717) is 16.8 Å². The molecule has 0 fully saturated rings. The van der Waals surface area contributed by atoms with Gasteiger partial charge in [-0.15, -0.1) is 0 Å². The molecule has 0 bridgehead atoms. The molecular formula is C19H12F2N2O. The van der Waals surface area contributed by atoms with E-state index in [-0.39, 0.29) is 11.4 Å². The number of benzene rings is 2. The Hall–Kier alpha value is -3.26. The molecule has 3 nitrogen and oxygen atoms in total. The number of aromatic nitrogens is 1. The fourth-order valence-corrected chi connectivity index (χ4v) is 2.43. The molecule has 0 atom stereocenters. The van der Waals surface area contributed by atoms with E-state index in [9.17, 15) is 14.0 Å². The number of halogens is 2. The molecule has 2 aromatic carbocycles. The molecule has 0 aliphatic carbocycles. The van der Waals surface area contributed by atoms with Crippen molar-refractivity contribution in [1.29, 1.82) is 5.26 Å². The lowest BCUT2D eigenvalue weighted by Gasteiger charge is -2.12. The predicted molar refractivity (Wildman–Crippen MR) is 86.3 cm³/mol. The maximum atomic E-state index is 13.6. The van der Waals surface area contributed by atoms with E-state index in [4.69, 9.17) is 4.74 Å². The SMILES string of the molecule is COc1nc(-c2ccccc2)cc(-c2ccc(F)c(F)c2)c1C#N. The van der Waals surface area contributed by atoms with Crippen molar-refractivity contribution in [3.05, 3.63) is 71.8 Å². The van der Waals surface area contributed by atoms with Crippen LogP contribution in [0.3, 0.4) is 0 Å². The first-order chi connectivity index (χ1) is 11.6. The van der Waals surface area contributed by atoms with E-state index >= 15 is 0 Å². The topological polar surface area (TPSA) is 45.9 Å². The fourth-order valence-electron chi connectivity index (χ4n) is 2.43. The Labute approximate surface area is 137 Å². The zero-order chi connectivity index (χ0) is 17.1. The van der Waals surface area contributed by atoms with Crippen LogP contribution in [0.4, 0.5) is 8.78 Å². The molecule has 118 valence electrons. The zero-order valence-corrected chi connectivity index (χ0v) is 12.8. The van der Waals surface area contributed by atoms with Crippen molar-refractivity contribution >= 4 is 0 Å². The van der Waals surface area contributed by atoms with E-state index in [1.165, 1.54) is 13.2 Å². The Bertz CT molecular complexity index is 934. The maximum absolute atomic E-state index is 13.6. The van der Waals surface area contributed by atoms with Gasteiger partial charge >= 0.3 is 0 Å². The van der Waals surface area contributed by atoms with Crippen LogP contribution in [0, 0.1) is 23.0 Å². The first kappa shape index (κ1) is 15.6. The Morgan fingerprint density at radius 1 is 0.958 bits per heavy atom. The van der Waals surface area contributed by atoms with Gasteiger partial charge in [-0.3, -0.25) is 0 Å². The Balaban J connectivity index is 2.27. The number of methoxy groups -OCH3 is 1. The summed E-state index contributed by atoms with van der Waals surface area (Å²) in [6.07, 6.45) is 0. The van der Waals surface area contributed by atoms with E-state index in [1.54, 1.807) is 6.07 Å². The molecule has 0 saturated heterocycles.